The van der Waals surface area contributed by atoms with Gasteiger partial charge in [-0.25, -0.2) is 0 Å². The maximum Gasteiger partial charge on any atom is 0.261 e. The lowest BCUT2D eigenvalue weighted by Gasteiger charge is -2.14. The Morgan fingerprint density at radius 2 is 1.96 bits per heavy atom. The van der Waals surface area contributed by atoms with Gasteiger partial charge in [0, 0.05) is 10.2 Å². The van der Waals surface area contributed by atoms with Gasteiger partial charge in [-0.3, -0.25) is 10.1 Å². The smallest absolute Gasteiger partial charge is 0.261 e. The van der Waals surface area contributed by atoms with Crippen molar-refractivity contribution < 1.29 is 9.53 Å². The second kappa shape index (κ2) is 9.69. The topological polar surface area (TPSA) is 50.4 Å². The van der Waals surface area contributed by atoms with Crippen LogP contribution in [0, 0.1) is 13.8 Å². The van der Waals surface area contributed by atoms with Crippen molar-refractivity contribution in [2.45, 2.75) is 33.6 Å². The molecule has 2 N–H and O–H groups in total. The molecular weight excluding hydrogens is 412 g/mol. The highest BCUT2D eigenvalue weighted by Crippen LogP contribution is 2.24. The number of rotatable bonds is 6. The van der Waals surface area contributed by atoms with Crippen molar-refractivity contribution in [2.24, 2.45) is 0 Å². The molecule has 0 aromatic heterocycles. The average Bonchev–Trinajstić information content (AvgIpc) is 2.58. The molecule has 138 valence electrons. The fourth-order valence-electron chi connectivity index (χ4n) is 2.41. The van der Waals surface area contributed by atoms with Crippen molar-refractivity contribution in [3.8, 4) is 5.75 Å². The highest BCUT2D eigenvalue weighted by atomic mass is 79.9. The Bertz CT molecular complexity index is 808. The average molecular weight is 435 g/mol. The van der Waals surface area contributed by atoms with Crippen LogP contribution in [-0.4, -0.2) is 17.6 Å². The van der Waals surface area contributed by atoms with Crippen LogP contribution < -0.4 is 15.4 Å². The van der Waals surface area contributed by atoms with Crippen LogP contribution in [-0.2, 0) is 0 Å². The van der Waals surface area contributed by atoms with E-state index >= 15 is 0 Å². The monoisotopic (exact) mass is 434 g/mol. The Morgan fingerprint density at radius 3 is 2.65 bits per heavy atom. The largest absolute Gasteiger partial charge is 0.493 e. The van der Waals surface area contributed by atoms with E-state index in [4.69, 9.17) is 17.0 Å². The van der Waals surface area contributed by atoms with Gasteiger partial charge in [-0.05, 0) is 62.3 Å². The number of hydrogen-bond donors (Lipinski definition) is 2. The molecule has 0 aliphatic rings. The normalized spacial score (nSPS) is 10.3. The first kappa shape index (κ1) is 20.4. The van der Waals surface area contributed by atoms with E-state index in [-0.39, 0.29) is 11.0 Å². The first-order valence-electron chi connectivity index (χ1n) is 8.52. The molecular formula is C20H23BrN2O2S. The van der Waals surface area contributed by atoms with Gasteiger partial charge in [0.15, 0.2) is 5.11 Å². The lowest BCUT2D eigenvalue weighted by molar-refractivity contribution is 0.0973. The lowest BCUT2D eigenvalue weighted by atomic mass is 10.1. The summed E-state index contributed by atoms with van der Waals surface area (Å²) in [5, 5.41) is 6.05. The third kappa shape index (κ3) is 5.81. The highest BCUT2D eigenvalue weighted by molar-refractivity contribution is 9.10. The van der Waals surface area contributed by atoms with E-state index in [2.05, 4.69) is 39.6 Å². The summed E-state index contributed by atoms with van der Waals surface area (Å²) in [5.74, 6) is 0.244. The van der Waals surface area contributed by atoms with Gasteiger partial charge in [-0.2, -0.15) is 0 Å². The van der Waals surface area contributed by atoms with Gasteiger partial charge in [-0.15, -0.1) is 0 Å². The maximum absolute atomic E-state index is 12.7. The molecule has 0 heterocycles. The van der Waals surface area contributed by atoms with E-state index in [1.807, 2.05) is 32.0 Å². The van der Waals surface area contributed by atoms with Gasteiger partial charge in [0.25, 0.3) is 5.91 Å². The number of thiocarbonyl (C=S) groups is 1. The summed E-state index contributed by atoms with van der Waals surface area (Å²) < 4.78 is 6.54. The highest BCUT2D eigenvalue weighted by Gasteiger charge is 2.15. The minimum Gasteiger partial charge on any atom is -0.493 e. The predicted octanol–water partition coefficient (Wildman–Crippen LogP) is 5.37. The SMILES string of the molecule is CCCCOc1ccc(Br)cc1C(=O)NC(=S)Nc1ccc(C)cc1C. The molecule has 0 saturated carbocycles. The molecule has 26 heavy (non-hydrogen) atoms. The minimum absolute atomic E-state index is 0.251. The van der Waals surface area contributed by atoms with E-state index in [1.54, 1.807) is 12.1 Å². The van der Waals surface area contributed by atoms with Crippen molar-refractivity contribution in [1.29, 1.82) is 0 Å². The number of unbranched alkanes of at least 4 members (excludes halogenated alkanes) is 1. The molecule has 2 aromatic rings. The van der Waals surface area contributed by atoms with Crippen molar-refractivity contribution in [1.82, 2.24) is 5.32 Å². The van der Waals surface area contributed by atoms with Crippen molar-refractivity contribution in [3.05, 3.63) is 57.6 Å². The number of halogens is 1. The van der Waals surface area contributed by atoms with Gasteiger partial charge < -0.3 is 10.1 Å². The van der Waals surface area contributed by atoms with E-state index in [0.29, 0.717) is 17.9 Å². The van der Waals surface area contributed by atoms with Crippen LogP contribution in [0.25, 0.3) is 0 Å². The van der Waals surface area contributed by atoms with Crippen LogP contribution in [0.3, 0.4) is 0 Å². The summed E-state index contributed by atoms with van der Waals surface area (Å²) in [6.07, 6.45) is 1.96. The van der Waals surface area contributed by atoms with Gasteiger partial charge in [-0.1, -0.05) is 47.0 Å². The van der Waals surface area contributed by atoms with Crippen LogP contribution in [0.1, 0.15) is 41.3 Å². The zero-order valence-electron chi connectivity index (χ0n) is 15.2. The predicted molar refractivity (Wildman–Crippen MR) is 114 cm³/mol. The molecule has 0 radical (unpaired) electrons. The van der Waals surface area contributed by atoms with Gasteiger partial charge in [0.2, 0.25) is 0 Å². The first-order valence-corrected chi connectivity index (χ1v) is 9.72. The number of hydrogen-bond acceptors (Lipinski definition) is 3. The molecule has 0 atom stereocenters. The molecule has 0 bridgehead atoms. The molecule has 0 fully saturated rings. The lowest BCUT2D eigenvalue weighted by Crippen LogP contribution is -2.34. The Balaban J connectivity index is 2.08. The fraction of sp³-hybridized carbons (Fsp3) is 0.300. The van der Waals surface area contributed by atoms with Crippen LogP contribution in [0.5, 0.6) is 5.75 Å². The van der Waals surface area contributed by atoms with Crippen molar-refractivity contribution in [2.75, 3.05) is 11.9 Å². The fourth-order valence-corrected chi connectivity index (χ4v) is 2.97. The molecule has 4 nitrogen and oxygen atoms in total. The van der Waals surface area contributed by atoms with Crippen LogP contribution in [0.15, 0.2) is 40.9 Å². The third-order valence-electron chi connectivity index (χ3n) is 3.80. The molecule has 0 spiro atoms. The van der Waals surface area contributed by atoms with Gasteiger partial charge in [0.1, 0.15) is 5.75 Å². The molecule has 2 aromatic carbocycles. The molecule has 0 unspecified atom stereocenters. The molecule has 0 saturated heterocycles. The third-order valence-corrected chi connectivity index (χ3v) is 4.50. The number of benzene rings is 2. The van der Waals surface area contributed by atoms with E-state index in [9.17, 15) is 4.79 Å². The van der Waals surface area contributed by atoms with Crippen LogP contribution >= 0.6 is 28.1 Å². The number of anilines is 1. The quantitative estimate of drug-likeness (QED) is 0.473. The number of aryl methyl sites for hydroxylation is 2. The van der Waals surface area contributed by atoms with Crippen molar-refractivity contribution >= 4 is 44.9 Å². The number of carbonyl (C=O) groups excluding carboxylic acids is 1. The molecule has 0 aliphatic carbocycles. The summed E-state index contributed by atoms with van der Waals surface area (Å²) in [6.45, 7) is 6.69. The summed E-state index contributed by atoms with van der Waals surface area (Å²) in [4.78, 5) is 12.7. The molecule has 0 aliphatic heterocycles. The number of amides is 1. The van der Waals surface area contributed by atoms with Gasteiger partial charge >= 0.3 is 0 Å². The number of nitrogens with one attached hydrogen (secondary N) is 2. The van der Waals surface area contributed by atoms with Crippen molar-refractivity contribution in [3.63, 3.8) is 0 Å². The number of ether oxygens (including phenoxy) is 1. The summed E-state index contributed by atoms with van der Waals surface area (Å²) in [5.41, 5.74) is 3.55. The zero-order chi connectivity index (χ0) is 19.1. The Kier molecular flexibility index (Phi) is 7.60. The van der Waals surface area contributed by atoms with E-state index in [0.717, 1.165) is 28.6 Å². The minimum atomic E-state index is -0.305. The van der Waals surface area contributed by atoms with Crippen LogP contribution in [0.2, 0.25) is 0 Å². The molecule has 2 rings (SSSR count). The summed E-state index contributed by atoms with van der Waals surface area (Å²) >= 11 is 8.69. The standard InChI is InChI=1S/C20H23BrN2O2S/c1-4-5-10-25-18-9-7-15(21)12-16(18)19(24)23-20(26)22-17-8-6-13(2)11-14(17)3/h6-9,11-12H,4-5,10H2,1-3H3,(H2,22,23,24,26). The Morgan fingerprint density at radius 1 is 1.19 bits per heavy atom. The summed E-state index contributed by atoms with van der Waals surface area (Å²) in [6, 6.07) is 11.4. The van der Waals surface area contributed by atoms with E-state index < -0.39 is 0 Å². The Labute approximate surface area is 168 Å². The summed E-state index contributed by atoms with van der Waals surface area (Å²) in [7, 11) is 0. The Hall–Kier alpha value is -1.92. The van der Waals surface area contributed by atoms with Crippen LogP contribution in [0.4, 0.5) is 5.69 Å². The number of carbonyl (C=O) groups is 1. The zero-order valence-corrected chi connectivity index (χ0v) is 17.6. The molecule has 6 heteroatoms. The van der Waals surface area contributed by atoms with E-state index in [1.165, 1.54) is 5.56 Å². The molecule has 1 amide bonds. The second-order valence-corrected chi connectivity index (χ2v) is 7.39. The second-order valence-electron chi connectivity index (χ2n) is 6.07. The first-order chi connectivity index (χ1) is 12.4. The maximum atomic E-state index is 12.7. The van der Waals surface area contributed by atoms with Gasteiger partial charge in [0.05, 0.1) is 12.2 Å².